The first-order valence-electron chi connectivity index (χ1n) is 9.36. The molecule has 1 N–H and O–H groups in total. The molecule has 0 saturated carbocycles. The molecule has 1 aliphatic rings. The smallest absolute Gasteiger partial charge is 0.323 e. The second-order valence-corrected chi connectivity index (χ2v) is 8.60. The molecule has 2 heterocycles. The molecule has 6 nitrogen and oxygen atoms in total. The zero-order chi connectivity index (χ0) is 19.7. The summed E-state index contributed by atoms with van der Waals surface area (Å²) in [6, 6.07) is 17.0. The fourth-order valence-electron chi connectivity index (χ4n) is 3.76. The molecule has 0 spiro atoms. The van der Waals surface area contributed by atoms with E-state index in [0.717, 1.165) is 5.39 Å². The summed E-state index contributed by atoms with van der Waals surface area (Å²) in [5, 5.41) is 4.10. The van der Waals surface area contributed by atoms with Crippen LogP contribution in [0, 0.1) is 0 Å². The molecule has 28 heavy (non-hydrogen) atoms. The van der Waals surface area contributed by atoms with Gasteiger partial charge in [-0.25, -0.2) is 12.4 Å². The van der Waals surface area contributed by atoms with Crippen molar-refractivity contribution in [1.29, 1.82) is 0 Å². The standard InChI is InChI=1S/C21H22N2O4S/c1-2-27-21(24)18-13-12-17(22-18)20-14-15-8-6-7-11-19(15)23(20)28(25,26)16-9-4-3-5-10-16/h3-11,14,17-18,22H,2,12-13H2,1H3/t17-,18+/m1/s1. The number of hydrogen-bond donors (Lipinski definition) is 1. The van der Waals surface area contributed by atoms with E-state index >= 15 is 0 Å². The number of aromatic nitrogens is 1. The lowest BCUT2D eigenvalue weighted by Gasteiger charge is -2.17. The normalized spacial score (nSPS) is 19.8. The number of nitrogens with one attached hydrogen (secondary N) is 1. The number of para-hydroxylation sites is 1. The molecule has 1 saturated heterocycles. The summed E-state index contributed by atoms with van der Waals surface area (Å²) in [7, 11) is -3.78. The second-order valence-electron chi connectivity index (χ2n) is 6.81. The number of ether oxygens (including phenoxy) is 1. The molecule has 0 amide bonds. The average Bonchev–Trinajstić information content (AvgIpc) is 3.34. The molecule has 146 valence electrons. The lowest BCUT2D eigenvalue weighted by Crippen LogP contribution is -2.34. The molecule has 7 heteroatoms. The number of rotatable bonds is 5. The molecular weight excluding hydrogens is 376 g/mol. The first-order chi connectivity index (χ1) is 13.5. The number of carbonyl (C=O) groups is 1. The zero-order valence-corrected chi connectivity index (χ0v) is 16.4. The Balaban J connectivity index is 1.80. The third-order valence-corrected chi connectivity index (χ3v) is 6.81. The lowest BCUT2D eigenvalue weighted by atomic mass is 10.1. The van der Waals surface area contributed by atoms with Gasteiger partial charge in [0.15, 0.2) is 0 Å². The van der Waals surface area contributed by atoms with Crippen molar-refractivity contribution in [3.8, 4) is 0 Å². The third-order valence-electron chi connectivity index (χ3n) is 5.05. The van der Waals surface area contributed by atoms with E-state index in [-0.39, 0.29) is 16.9 Å². The molecule has 1 aromatic heterocycles. The molecule has 1 fully saturated rings. The third kappa shape index (κ3) is 3.21. The van der Waals surface area contributed by atoms with Gasteiger partial charge in [-0.05, 0) is 44.0 Å². The van der Waals surface area contributed by atoms with Crippen molar-refractivity contribution in [3.63, 3.8) is 0 Å². The van der Waals surface area contributed by atoms with E-state index in [9.17, 15) is 13.2 Å². The van der Waals surface area contributed by atoms with E-state index in [1.54, 1.807) is 43.3 Å². The van der Waals surface area contributed by atoms with Crippen molar-refractivity contribution in [2.75, 3.05) is 6.61 Å². The zero-order valence-electron chi connectivity index (χ0n) is 15.5. The van der Waals surface area contributed by atoms with Crippen LogP contribution in [-0.4, -0.2) is 31.0 Å². The van der Waals surface area contributed by atoms with Gasteiger partial charge in [-0.1, -0.05) is 36.4 Å². The van der Waals surface area contributed by atoms with Crippen LogP contribution in [0.2, 0.25) is 0 Å². The van der Waals surface area contributed by atoms with Gasteiger partial charge in [0.05, 0.1) is 22.7 Å². The van der Waals surface area contributed by atoms with Crippen LogP contribution in [0.15, 0.2) is 65.6 Å². The van der Waals surface area contributed by atoms with E-state index in [2.05, 4.69) is 5.32 Å². The highest BCUT2D eigenvalue weighted by Gasteiger charge is 2.35. The van der Waals surface area contributed by atoms with Gasteiger partial charge >= 0.3 is 5.97 Å². The molecular formula is C21H22N2O4S. The number of carbonyl (C=O) groups excluding carboxylic acids is 1. The number of nitrogens with zero attached hydrogens (tertiary/aromatic N) is 1. The Bertz CT molecular complexity index is 1110. The molecule has 1 aliphatic heterocycles. The maximum Gasteiger partial charge on any atom is 0.323 e. The molecule has 0 radical (unpaired) electrons. The Hall–Kier alpha value is -2.64. The van der Waals surface area contributed by atoms with Gasteiger partial charge in [0.1, 0.15) is 6.04 Å². The van der Waals surface area contributed by atoms with E-state index in [0.29, 0.717) is 30.7 Å². The van der Waals surface area contributed by atoms with Crippen molar-refractivity contribution in [3.05, 3.63) is 66.4 Å². The molecule has 2 aromatic carbocycles. The van der Waals surface area contributed by atoms with Crippen LogP contribution in [0.1, 0.15) is 31.5 Å². The number of fused-ring (bicyclic) bond motifs is 1. The summed E-state index contributed by atoms with van der Waals surface area (Å²) in [5.41, 5.74) is 1.26. The summed E-state index contributed by atoms with van der Waals surface area (Å²) in [5.74, 6) is -0.293. The predicted octanol–water partition coefficient (Wildman–Crippen LogP) is 3.23. The van der Waals surface area contributed by atoms with Crippen LogP contribution in [0.5, 0.6) is 0 Å². The van der Waals surface area contributed by atoms with Gasteiger partial charge in [0, 0.05) is 11.4 Å². The number of esters is 1. The van der Waals surface area contributed by atoms with Crippen molar-refractivity contribution in [1.82, 2.24) is 9.29 Å². The van der Waals surface area contributed by atoms with E-state index in [1.165, 1.54) is 3.97 Å². The van der Waals surface area contributed by atoms with Gasteiger partial charge in [-0.2, -0.15) is 0 Å². The SMILES string of the molecule is CCOC(=O)[C@@H]1CC[C@H](c2cc3ccccc3n2S(=O)(=O)c2ccccc2)N1. The molecule has 4 rings (SSSR count). The number of hydrogen-bond acceptors (Lipinski definition) is 5. The topological polar surface area (TPSA) is 77.4 Å². The monoisotopic (exact) mass is 398 g/mol. The van der Waals surface area contributed by atoms with Gasteiger partial charge in [-0.3, -0.25) is 10.1 Å². The van der Waals surface area contributed by atoms with E-state index < -0.39 is 16.1 Å². The van der Waals surface area contributed by atoms with Crippen LogP contribution in [-0.2, 0) is 19.6 Å². The van der Waals surface area contributed by atoms with Crippen molar-refractivity contribution in [2.24, 2.45) is 0 Å². The molecule has 0 bridgehead atoms. The Morgan fingerprint density at radius 1 is 1.11 bits per heavy atom. The highest BCUT2D eigenvalue weighted by molar-refractivity contribution is 7.90. The summed E-state index contributed by atoms with van der Waals surface area (Å²) >= 11 is 0. The maximum absolute atomic E-state index is 13.4. The van der Waals surface area contributed by atoms with Gasteiger partial charge in [-0.15, -0.1) is 0 Å². The first-order valence-corrected chi connectivity index (χ1v) is 10.8. The van der Waals surface area contributed by atoms with Gasteiger partial charge < -0.3 is 4.74 Å². The van der Waals surface area contributed by atoms with Crippen molar-refractivity contribution < 1.29 is 17.9 Å². The minimum Gasteiger partial charge on any atom is -0.465 e. The Morgan fingerprint density at radius 2 is 1.82 bits per heavy atom. The fraction of sp³-hybridized carbons (Fsp3) is 0.286. The van der Waals surface area contributed by atoms with Crippen LogP contribution < -0.4 is 5.32 Å². The van der Waals surface area contributed by atoms with Crippen LogP contribution in [0.3, 0.4) is 0 Å². The fourth-order valence-corrected chi connectivity index (χ4v) is 5.36. The minimum absolute atomic E-state index is 0.234. The highest BCUT2D eigenvalue weighted by Crippen LogP contribution is 2.34. The quantitative estimate of drug-likeness (QED) is 0.668. The van der Waals surface area contributed by atoms with Crippen LogP contribution in [0.4, 0.5) is 0 Å². The largest absolute Gasteiger partial charge is 0.465 e. The summed E-state index contributed by atoms with van der Waals surface area (Å²) in [6.07, 6.45) is 1.26. The minimum atomic E-state index is -3.78. The Morgan fingerprint density at radius 3 is 2.57 bits per heavy atom. The lowest BCUT2D eigenvalue weighted by molar-refractivity contribution is -0.145. The van der Waals surface area contributed by atoms with Gasteiger partial charge in [0.2, 0.25) is 0 Å². The molecule has 0 aliphatic carbocycles. The van der Waals surface area contributed by atoms with E-state index in [4.69, 9.17) is 4.74 Å². The van der Waals surface area contributed by atoms with E-state index in [1.807, 2.05) is 24.3 Å². The maximum atomic E-state index is 13.4. The van der Waals surface area contributed by atoms with Crippen molar-refractivity contribution >= 4 is 26.9 Å². The Kier molecular flexibility index (Phi) is 4.95. The highest BCUT2D eigenvalue weighted by atomic mass is 32.2. The average molecular weight is 398 g/mol. The van der Waals surface area contributed by atoms with Crippen molar-refractivity contribution in [2.45, 2.75) is 36.7 Å². The molecule has 3 aromatic rings. The molecule has 0 unspecified atom stereocenters. The number of benzene rings is 2. The summed E-state index contributed by atoms with van der Waals surface area (Å²) < 4.78 is 33.4. The summed E-state index contributed by atoms with van der Waals surface area (Å²) in [6.45, 7) is 2.10. The second kappa shape index (κ2) is 7.41. The van der Waals surface area contributed by atoms with Gasteiger partial charge in [0.25, 0.3) is 10.0 Å². The molecule has 2 atom stereocenters. The van der Waals surface area contributed by atoms with Crippen LogP contribution >= 0.6 is 0 Å². The first kappa shape index (κ1) is 18.7. The Labute approximate surface area is 164 Å². The predicted molar refractivity (Wildman–Crippen MR) is 106 cm³/mol. The van der Waals surface area contributed by atoms with Crippen LogP contribution in [0.25, 0.3) is 10.9 Å². The summed E-state index contributed by atoms with van der Waals surface area (Å²) in [4.78, 5) is 12.3.